The van der Waals surface area contributed by atoms with Crippen LogP contribution in [0.15, 0.2) is 29.2 Å². The Balaban J connectivity index is 0.00000220. The van der Waals surface area contributed by atoms with E-state index in [-0.39, 0.29) is 29.1 Å². The van der Waals surface area contributed by atoms with E-state index in [4.69, 9.17) is 0 Å². The minimum Gasteiger partial charge on any atom is -0.352 e. The van der Waals surface area contributed by atoms with E-state index < -0.39 is 10.0 Å². The van der Waals surface area contributed by atoms with Gasteiger partial charge in [-0.2, -0.15) is 0 Å². The average molecular weight is 334 g/mol. The van der Waals surface area contributed by atoms with Gasteiger partial charge in [0.1, 0.15) is 0 Å². The van der Waals surface area contributed by atoms with Crippen LogP contribution in [0.5, 0.6) is 0 Å². The average Bonchev–Trinajstić information content (AvgIpc) is 2.99. The first-order chi connectivity index (χ1) is 9.53. The van der Waals surface area contributed by atoms with Gasteiger partial charge in [-0.05, 0) is 37.7 Å². The third kappa shape index (κ3) is 4.67. The van der Waals surface area contributed by atoms with Crippen LogP contribution in [0.25, 0.3) is 0 Å². The van der Waals surface area contributed by atoms with Crippen molar-refractivity contribution in [3.63, 3.8) is 0 Å². The van der Waals surface area contributed by atoms with Crippen LogP contribution in [0.3, 0.4) is 0 Å². The number of halogens is 1. The van der Waals surface area contributed by atoms with Crippen LogP contribution in [0.2, 0.25) is 0 Å². The first-order valence-corrected chi connectivity index (χ1v) is 8.02. The van der Waals surface area contributed by atoms with Gasteiger partial charge >= 0.3 is 0 Å². The molecule has 1 aliphatic heterocycles. The van der Waals surface area contributed by atoms with Gasteiger partial charge in [-0.1, -0.05) is 12.1 Å². The third-order valence-corrected chi connectivity index (χ3v) is 4.79. The summed E-state index contributed by atoms with van der Waals surface area (Å²) in [4.78, 5) is 12.1. The zero-order chi connectivity index (χ0) is 14.6. The second kappa shape index (κ2) is 7.74. The number of hydrogen-bond donors (Lipinski definition) is 3. The van der Waals surface area contributed by atoms with Crippen molar-refractivity contribution in [1.82, 2.24) is 15.4 Å². The summed E-state index contributed by atoms with van der Waals surface area (Å²) in [5, 5.41) is 5.98. The van der Waals surface area contributed by atoms with Gasteiger partial charge in [0.25, 0.3) is 0 Å². The summed E-state index contributed by atoms with van der Waals surface area (Å²) in [5.74, 6) is 0.0242. The molecule has 1 saturated heterocycles. The zero-order valence-corrected chi connectivity index (χ0v) is 13.4. The highest BCUT2D eigenvalue weighted by Gasteiger charge is 2.21. The van der Waals surface area contributed by atoms with E-state index in [9.17, 15) is 13.2 Å². The van der Waals surface area contributed by atoms with Crippen molar-refractivity contribution in [2.75, 3.05) is 20.1 Å². The van der Waals surface area contributed by atoms with Crippen molar-refractivity contribution in [2.24, 2.45) is 5.92 Å². The van der Waals surface area contributed by atoms with Crippen LogP contribution in [0.1, 0.15) is 12.0 Å². The maximum atomic E-state index is 11.9. The molecule has 0 aliphatic carbocycles. The van der Waals surface area contributed by atoms with Crippen LogP contribution in [0, 0.1) is 5.92 Å². The fourth-order valence-corrected chi connectivity index (χ4v) is 2.95. The highest BCUT2D eigenvalue weighted by molar-refractivity contribution is 7.89. The molecule has 2 rings (SSSR count). The Hall–Kier alpha value is -1.15. The molecule has 1 fully saturated rings. The molecular formula is C13H20ClN3O3S. The predicted molar refractivity (Wildman–Crippen MR) is 82.8 cm³/mol. The Morgan fingerprint density at radius 2 is 2.19 bits per heavy atom. The summed E-state index contributed by atoms with van der Waals surface area (Å²) < 4.78 is 25.7. The molecule has 6 nitrogen and oxygen atoms in total. The highest BCUT2D eigenvalue weighted by Crippen LogP contribution is 2.12. The van der Waals surface area contributed by atoms with Gasteiger partial charge in [0.15, 0.2) is 0 Å². The number of amides is 1. The van der Waals surface area contributed by atoms with Gasteiger partial charge in [0.2, 0.25) is 15.9 Å². The lowest BCUT2D eigenvalue weighted by atomic mass is 10.1. The molecule has 0 aromatic heterocycles. The molecule has 118 valence electrons. The maximum absolute atomic E-state index is 11.9. The molecule has 0 bridgehead atoms. The van der Waals surface area contributed by atoms with E-state index in [0.717, 1.165) is 18.5 Å². The maximum Gasteiger partial charge on any atom is 0.240 e. The topological polar surface area (TPSA) is 87.3 Å². The van der Waals surface area contributed by atoms with Gasteiger partial charge in [0, 0.05) is 13.1 Å². The smallest absolute Gasteiger partial charge is 0.240 e. The Labute approximate surface area is 131 Å². The molecule has 8 heteroatoms. The number of sulfonamides is 1. The summed E-state index contributed by atoms with van der Waals surface area (Å²) in [6.07, 6.45) is 0.847. The molecule has 0 spiro atoms. The lowest BCUT2D eigenvalue weighted by Crippen LogP contribution is -2.31. The first-order valence-electron chi connectivity index (χ1n) is 6.54. The lowest BCUT2D eigenvalue weighted by Gasteiger charge is -2.10. The van der Waals surface area contributed by atoms with Gasteiger partial charge < -0.3 is 10.6 Å². The molecule has 21 heavy (non-hydrogen) atoms. The van der Waals surface area contributed by atoms with Crippen LogP contribution in [-0.4, -0.2) is 34.5 Å². The predicted octanol–water partition coefficient (Wildman–Crippen LogP) is 0.242. The van der Waals surface area contributed by atoms with Gasteiger partial charge in [-0.25, -0.2) is 13.1 Å². The van der Waals surface area contributed by atoms with E-state index in [2.05, 4.69) is 15.4 Å². The largest absolute Gasteiger partial charge is 0.352 e. The van der Waals surface area contributed by atoms with E-state index in [0.29, 0.717) is 13.1 Å². The zero-order valence-electron chi connectivity index (χ0n) is 11.8. The summed E-state index contributed by atoms with van der Waals surface area (Å²) in [5.41, 5.74) is 0.764. The van der Waals surface area contributed by atoms with Crippen molar-refractivity contribution < 1.29 is 13.2 Å². The number of nitrogens with one attached hydrogen (secondary N) is 3. The molecule has 0 radical (unpaired) electrons. The lowest BCUT2D eigenvalue weighted by molar-refractivity contribution is -0.124. The summed E-state index contributed by atoms with van der Waals surface area (Å²) >= 11 is 0. The molecule has 1 atom stereocenters. The number of carbonyl (C=O) groups is 1. The standard InChI is InChI=1S/C13H19N3O3S.ClH/c1-14-20(18,19)12-4-2-3-10(7-12)8-16-13(17)11-5-6-15-9-11;/h2-4,7,11,14-15H,5-6,8-9H2,1H3,(H,16,17);1H. The van der Waals surface area contributed by atoms with Crippen molar-refractivity contribution >= 4 is 28.3 Å². The van der Waals surface area contributed by atoms with E-state index >= 15 is 0 Å². The van der Waals surface area contributed by atoms with Crippen molar-refractivity contribution in [3.8, 4) is 0 Å². The molecular weight excluding hydrogens is 314 g/mol. The molecule has 1 heterocycles. The van der Waals surface area contributed by atoms with Crippen LogP contribution >= 0.6 is 12.4 Å². The highest BCUT2D eigenvalue weighted by atomic mass is 35.5. The van der Waals surface area contributed by atoms with Crippen molar-refractivity contribution in [2.45, 2.75) is 17.9 Å². The fourth-order valence-electron chi connectivity index (χ4n) is 2.15. The second-order valence-corrected chi connectivity index (χ2v) is 6.65. The summed E-state index contributed by atoms with van der Waals surface area (Å²) in [6.45, 7) is 1.91. The van der Waals surface area contributed by atoms with Crippen LogP contribution in [-0.2, 0) is 21.4 Å². The number of benzene rings is 1. The minimum absolute atomic E-state index is 0. The Morgan fingerprint density at radius 1 is 1.43 bits per heavy atom. The second-order valence-electron chi connectivity index (χ2n) is 4.76. The van der Waals surface area contributed by atoms with E-state index in [1.54, 1.807) is 18.2 Å². The molecule has 1 aromatic rings. The Morgan fingerprint density at radius 3 is 2.81 bits per heavy atom. The molecule has 1 aliphatic rings. The van der Waals surface area contributed by atoms with Gasteiger partial charge in [-0.15, -0.1) is 12.4 Å². The summed E-state index contributed by atoms with van der Waals surface area (Å²) in [6, 6.07) is 6.56. The third-order valence-electron chi connectivity index (χ3n) is 3.38. The fraction of sp³-hybridized carbons (Fsp3) is 0.462. The molecule has 1 amide bonds. The number of rotatable bonds is 5. The quantitative estimate of drug-likeness (QED) is 0.720. The van der Waals surface area contributed by atoms with E-state index in [1.165, 1.54) is 13.1 Å². The minimum atomic E-state index is -3.45. The molecule has 1 unspecified atom stereocenters. The van der Waals surface area contributed by atoms with Crippen molar-refractivity contribution in [3.05, 3.63) is 29.8 Å². The van der Waals surface area contributed by atoms with Crippen LogP contribution in [0.4, 0.5) is 0 Å². The normalized spacial score (nSPS) is 18.0. The Bertz CT molecular complexity index is 586. The molecule has 3 N–H and O–H groups in total. The Kier molecular flexibility index (Phi) is 6.60. The van der Waals surface area contributed by atoms with E-state index in [1.807, 2.05) is 0 Å². The molecule has 0 saturated carbocycles. The molecule has 1 aromatic carbocycles. The summed E-state index contributed by atoms with van der Waals surface area (Å²) in [7, 11) is -2.08. The monoisotopic (exact) mass is 333 g/mol. The van der Waals surface area contributed by atoms with Crippen molar-refractivity contribution in [1.29, 1.82) is 0 Å². The SMILES string of the molecule is CNS(=O)(=O)c1cccc(CNC(=O)C2CCNC2)c1.Cl. The van der Waals surface area contributed by atoms with Gasteiger partial charge in [0.05, 0.1) is 10.8 Å². The van der Waals surface area contributed by atoms with Gasteiger partial charge in [-0.3, -0.25) is 4.79 Å². The van der Waals surface area contributed by atoms with Crippen LogP contribution < -0.4 is 15.4 Å². The number of hydrogen-bond acceptors (Lipinski definition) is 4. The first kappa shape index (κ1) is 17.9. The number of carbonyl (C=O) groups excluding carboxylic acids is 1.